The zero-order valence-corrected chi connectivity index (χ0v) is 33.4. The summed E-state index contributed by atoms with van der Waals surface area (Å²) in [6, 6.07) is 0. The molecule has 50 heavy (non-hydrogen) atoms. The average Bonchev–Trinajstić information content (AvgIpc) is 3.11. The molecule has 0 aliphatic heterocycles. The highest BCUT2D eigenvalue weighted by Gasteiger charge is 2.14. The van der Waals surface area contributed by atoms with E-state index in [1.54, 1.807) is 0 Å². The number of esters is 2. The van der Waals surface area contributed by atoms with E-state index in [1.807, 2.05) is 12.2 Å². The number of hydrogen-bond donors (Lipinski definition) is 1. The second kappa shape index (κ2) is 40.3. The van der Waals surface area contributed by atoms with Crippen LogP contribution < -0.4 is 0 Å². The van der Waals surface area contributed by atoms with Crippen molar-refractivity contribution in [3.63, 3.8) is 0 Å². The lowest BCUT2D eigenvalue weighted by molar-refractivity contribution is -0.150. The number of hydrogen-bond acceptors (Lipinski definition) is 7. The second-order valence-electron chi connectivity index (χ2n) is 14.4. The van der Waals surface area contributed by atoms with Gasteiger partial charge in [0.2, 0.25) is 0 Å². The van der Waals surface area contributed by atoms with E-state index in [0.29, 0.717) is 32.6 Å². The van der Waals surface area contributed by atoms with Crippen molar-refractivity contribution in [1.82, 2.24) is 4.90 Å². The molecule has 0 saturated carbocycles. The summed E-state index contributed by atoms with van der Waals surface area (Å²) in [7, 11) is 0. The van der Waals surface area contributed by atoms with Crippen molar-refractivity contribution in [2.45, 2.75) is 207 Å². The molecule has 0 heterocycles. The van der Waals surface area contributed by atoms with Crippen molar-refractivity contribution in [2.24, 2.45) is 0 Å². The molecule has 0 unspecified atom stereocenters. The van der Waals surface area contributed by atoms with Crippen molar-refractivity contribution >= 4 is 11.9 Å². The van der Waals surface area contributed by atoms with E-state index < -0.39 is 0 Å². The van der Waals surface area contributed by atoms with E-state index in [9.17, 15) is 14.7 Å². The van der Waals surface area contributed by atoms with Crippen molar-refractivity contribution in [3.8, 4) is 0 Å². The first-order valence-corrected chi connectivity index (χ1v) is 21.5. The van der Waals surface area contributed by atoms with E-state index >= 15 is 0 Å². The Morgan fingerprint density at radius 3 is 1.60 bits per heavy atom. The molecule has 0 atom stereocenters. The quantitative estimate of drug-likeness (QED) is 0.0385. The Morgan fingerprint density at radius 2 is 1.00 bits per heavy atom. The van der Waals surface area contributed by atoms with Crippen LogP contribution in [0, 0.1) is 0 Å². The van der Waals surface area contributed by atoms with Crippen LogP contribution in [0.4, 0.5) is 0 Å². The summed E-state index contributed by atoms with van der Waals surface area (Å²) in [4.78, 5) is 27.0. The number of rotatable bonds is 40. The van der Waals surface area contributed by atoms with Crippen LogP contribution in [0.1, 0.15) is 201 Å². The Balaban J connectivity index is 4.01. The predicted octanol–water partition coefficient (Wildman–Crippen LogP) is 11.3. The van der Waals surface area contributed by atoms with Gasteiger partial charge < -0.3 is 24.2 Å². The molecule has 0 fully saturated rings. The number of aliphatic hydroxyl groups is 1. The molecule has 0 aliphatic rings. The molecule has 296 valence electrons. The molecule has 0 radical (unpaired) electrons. The minimum atomic E-state index is -0.157. The highest BCUT2D eigenvalue weighted by atomic mass is 16.5. The maximum atomic E-state index is 12.7. The number of aliphatic hydroxyl groups excluding tert-OH is 1. The van der Waals surface area contributed by atoms with Gasteiger partial charge in [-0.3, -0.25) is 9.59 Å². The zero-order chi connectivity index (χ0) is 36.6. The normalized spacial score (nSPS) is 11.7. The van der Waals surface area contributed by atoms with Crippen LogP contribution in [0.3, 0.4) is 0 Å². The first-order chi connectivity index (χ1) is 24.6. The molecule has 0 aromatic carbocycles. The third-order valence-electron chi connectivity index (χ3n) is 9.55. The molecule has 1 N–H and O–H groups in total. The zero-order valence-electron chi connectivity index (χ0n) is 33.4. The SMILES string of the molecule is CCCCCCCCC(CCCCCCCC)OC(=O)CCCCCCCN(CCO)CCCCC(=O)OCC=CCOCCCCCCC. The topological polar surface area (TPSA) is 85.3 Å². The fraction of sp³-hybridized carbons (Fsp3) is 0.907. The van der Waals surface area contributed by atoms with E-state index in [-0.39, 0.29) is 24.6 Å². The summed E-state index contributed by atoms with van der Waals surface area (Å²) in [6.07, 6.45) is 35.3. The summed E-state index contributed by atoms with van der Waals surface area (Å²) in [5, 5.41) is 9.51. The Labute approximate surface area is 310 Å². The summed E-state index contributed by atoms with van der Waals surface area (Å²) in [6.45, 7) is 11.0. The van der Waals surface area contributed by atoms with E-state index in [1.165, 1.54) is 103 Å². The Morgan fingerprint density at radius 1 is 0.540 bits per heavy atom. The third-order valence-corrected chi connectivity index (χ3v) is 9.55. The molecular formula is C43H83NO6. The van der Waals surface area contributed by atoms with E-state index in [4.69, 9.17) is 14.2 Å². The van der Waals surface area contributed by atoms with Crippen molar-refractivity contribution < 1.29 is 28.9 Å². The molecule has 0 spiro atoms. The van der Waals surface area contributed by atoms with Gasteiger partial charge in [0.05, 0.1) is 13.2 Å². The lowest BCUT2D eigenvalue weighted by Crippen LogP contribution is -2.29. The van der Waals surface area contributed by atoms with Gasteiger partial charge in [-0.25, -0.2) is 0 Å². The molecular weight excluding hydrogens is 626 g/mol. The number of nitrogens with zero attached hydrogens (tertiary/aromatic N) is 1. The van der Waals surface area contributed by atoms with Crippen LogP contribution in [0.2, 0.25) is 0 Å². The largest absolute Gasteiger partial charge is 0.462 e. The molecule has 0 bridgehead atoms. The van der Waals surface area contributed by atoms with Crippen LogP contribution in [-0.2, 0) is 23.8 Å². The monoisotopic (exact) mass is 710 g/mol. The first kappa shape index (κ1) is 48.6. The minimum Gasteiger partial charge on any atom is -0.462 e. The second-order valence-corrected chi connectivity index (χ2v) is 14.4. The van der Waals surface area contributed by atoms with Crippen molar-refractivity contribution in [2.75, 3.05) is 46.1 Å². The molecule has 0 aliphatic carbocycles. The highest BCUT2D eigenvalue weighted by Crippen LogP contribution is 2.18. The lowest BCUT2D eigenvalue weighted by Gasteiger charge is -2.21. The summed E-state index contributed by atoms with van der Waals surface area (Å²) in [5.41, 5.74) is 0. The van der Waals surface area contributed by atoms with Gasteiger partial charge in [0.1, 0.15) is 12.7 Å². The summed E-state index contributed by atoms with van der Waals surface area (Å²) in [5.74, 6) is -0.162. The van der Waals surface area contributed by atoms with Crippen LogP contribution in [-0.4, -0.2) is 74.1 Å². The van der Waals surface area contributed by atoms with Crippen LogP contribution in [0.5, 0.6) is 0 Å². The van der Waals surface area contributed by atoms with Crippen LogP contribution in [0.15, 0.2) is 12.2 Å². The van der Waals surface area contributed by atoms with Gasteiger partial charge in [-0.2, -0.15) is 0 Å². The first-order valence-electron chi connectivity index (χ1n) is 21.5. The molecule has 0 saturated heterocycles. The van der Waals surface area contributed by atoms with E-state index in [2.05, 4.69) is 25.7 Å². The molecule has 0 rings (SSSR count). The molecule has 0 aromatic rings. The Bertz CT molecular complexity index is 729. The van der Waals surface area contributed by atoms with Gasteiger partial charge in [-0.15, -0.1) is 0 Å². The lowest BCUT2D eigenvalue weighted by atomic mass is 10.0. The predicted molar refractivity (Wildman–Crippen MR) is 211 cm³/mol. The van der Waals surface area contributed by atoms with Gasteiger partial charge in [0, 0.05) is 26.0 Å². The fourth-order valence-corrected chi connectivity index (χ4v) is 6.34. The fourth-order valence-electron chi connectivity index (χ4n) is 6.34. The smallest absolute Gasteiger partial charge is 0.306 e. The minimum absolute atomic E-state index is 0.00478. The molecule has 7 heteroatoms. The number of carbonyl (C=O) groups is 2. The summed E-state index contributed by atoms with van der Waals surface area (Å²) >= 11 is 0. The standard InChI is InChI=1S/C43H83NO6/c1-4-7-10-13-16-21-30-41(31-22-17-14-11-8-5-2)50-43(47)33-23-18-15-19-25-34-44(36-37-45)35-26-24-32-42(46)49-40-29-28-39-48-38-27-20-12-9-6-3/h28-29,41,45H,4-27,30-40H2,1-3H3. The van der Waals surface area contributed by atoms with Gasteiger partial charge in [-0.05, 0) is 77.0 Å². The van der Waals surface area contributed by atoms with Crippen molar-refractivity contribution in [1.29, 1.82) is 0 Å². The highest BCUT2D eigenvalue weighted by molar-refractivity contribution is 5.69. The van der Waals surface area contributed by atoms with E-state index in [0.717, 1.165) is 83.9 Å². The number of ether oxygens (including phenoxy) is 3. The molecule has 0 amide bonds. The van der Waals surface area contributed by atoms with Gasteiger partial charge in [0.25, 0.3) is 0 Å². The molecule has 0 aromatic heterocycles. The Kier molecular flexibility index (Phi) is 39.2. The van der Waals surface area contributed by atoms with Gasteiger partial charge >= 0.3 is 11.9 Å². The maximum absolute atomic E-state index is 12.7. The summed E-state index contributed by atoms with van der Waals surface area (Å²) < 4.78 is 16.9. The van der Waals surface area contributed by atoms with Crippen molar-refractivity contribution in [3.05, 3.63) is 12.2 Å². The average molecular weight is 710 g/mol. The van der Waals surface area contributed by atoms with Crippen LogP contribution >= 0.6 is 0 Å². The van der Waals surface area contributed by atoms with Gasteiger partial charge in [-0.1, -0.05) is 136 Å². The maximum Gasteiger partial charge on any atom is 0.306 e. The van der Waals surface area contributed by atoms with Gasteiger partial charge in [0.15, 0.2) is 0 Å². The third kappa shape index (κ3) is 36.4. The Hall–Kier alpha value is -1.44. The number of unbranched alkanes of at least 4 members (excludes halogenated alkanes) is 19. The molecule has 7 nitrogen and oxygen atoms in total. The number of carbonyl (C=O) groups excluding carboxylic acids is 2. The van der Waals surface area contributed by atoms with Crippen LogP contribution in [0.25, 0.3) is 0 Å².